The Hall–Kier alpha value is -1.36. The lowest BCUT2D eigenvalue weighted by atomic mass is 10.1. The van der Waals surface area contributed by atoms with Crippen molar-refractivity contribution in [2.45, 2.75) is 5.92 Å². The normalized spacial score (nSPS) is 11.3. The Kier molecular flexibility index (Phi) is 5.27. The minimum atomic E-state index is -3.33. The fourth-order valence-corrected chi connectivity index (χ4v) is 2.58. The highest BCUT2D eigenvalue weighted by Crippen LogP contribution is 2.34. The van der Waals surface area contributed by atoms with Crippen molar-refractivity contribution in [1.29, 1.82) is 0 Å². The molecule has 0 bridgehead atoms. The fraction of sp³-hybridized carbons (Fsp3) is 0.133. The predicted molar refractivity (Wildman–Crippen MR) is 84.1 cm³/mol. The van der Waals surface area contributed by atoms with Gasteiger partial charge in [-0.3, -0.25) is 4.79 Å². The molecule has 116 valence electrons. The van der Waals surface area contributed by atoms with Gasteiger partial charge in [0.05, 0.1) is 22.2 Å². The largest absolute Gasteiger partial charge is 0.346 e. The zero-order valence-electron chi connectivity index (χ0n) is 11.0. The molecule has 7 heteroatoms. The van der Waals surface area contributed by atoms with Crippen molar-refractivity contribution in [2.75, 3.05) is 6.54 Å². The average molecular weight is 365 g/mol. The first-order chi connectivity index (χ1) is 10.3. The molecule has 2 aromatic rings. The number of nitrogens with one attached hydrogen (secondary N) is 1. The van der Waals surface area contributed by atoms with Gasteiger partial charge < -0.3 is 5.32 Å². The molecule has 0 unspecified atom stereocenters. The summed E-state index contributed by atoms with van der Waals surface area (Å²) in [4.78, 5) is 11.9. The Labute approximate surface area is 141 Å². The molecule has 0 aromatic heterocycles. The molecule has 1 N–H and O–H groups in total. The molecule has 0 aliphatic carbocycles. The van der Waals surface area contributed by atoms with Crippen LogP contribution in [0.15, 0.2) is 42.5 Å². The summed E-state index contributed by atoms with van der Waals surface area (Å²) in [6.45, 7) is -0.904. The number of hydrogen-bond acceptors (Lipinski definition) is 1. The second-order valence-electron chi connectivity index (χ2n) is 4.49. The lowest BCUT2D eigenvalue weighted by molar-refractivity contribution is -0.00236. The van der Waals surface area contributed by atoms with Crippen LogP contribution in [0, 0.1) is 0 Å². The molecule has 0 saturated carbocycles. The van der Waals surface area contributed by atoms with E-state index in [4.69, 9.17) is 34.8 Å². The number of alkyl halides is 2. The third kappa shape index (κ3) is 3.88. The van der Waals surface area contributed by atoms with Crippen LogP contribution in [0.2, 0.25) is 15.1 Å². The molecule has 0 aliphatic heterocycles. The first-order valence-corrected chi connectivity index (χ1v) is 7.31. The molecule has 0 atom stereocenters. The zero-order valence-corrected chi connectivity index (χ0v) is 13.3. The maximum atomic E-state index is 14.1. The minimum absolute atomic E-state index is 0.127. The van der Waals surface area contributed by atoms with Crippen molar-refractivity contribution in [3.63, 3.8) is 0 Å². The average Bonchev–Trinajstić information content (AvgIpc) is 2.45. The Morgan fingerprint density at radius 3 is 2.36 bits per heavy atom. The predicted octanol–water partition coefficient (Wildman–Crippen LogP) is 5.17. The Bertz CT molecular complexity index is 707. The molecule has 22 heavy (non-hydrogen) atoms. The summed E-state index contributed by atoms with van der Waals surface area (Å²) in [6, 6.07) is 9.85. The topological polar surface area (TPSA) is 29.1 Å². The number of rotatable bonds is 4. The summed E-state index contributed by atoms with van der Waals surface area (Å²) in [5, 5.41) is 2.43. The summed E-state index contributed by atoms with van der Waals surface area (Å²) in [5.41, 5.74) is -0.278. The minimum Gasteiger partial charge on any atom is -0.346 e. The van der Waals surface area contributed by atoms with Gasteiger partial charge >= 0.3 is 0 Å². The van der Waals surface area contributed by atoms with Crippen LogP contribution in [0.5, 0.6) is 0 Å². The first-order valence-electron chi connectivity index (χ1n) is 6.17. The summed E-state index contributed by atoms with van der Waals surface area (Å²) >= 11 is 17.3. The Morgan fingerprint density at radius 2 is 1.73 bits per heavy atom. The highest BCUT2D eigenvalue weighted by molar-refractivity contribution is 6.35. The molecule has 1 amide bonds. The Balaban J connectivity index is 2.13. The molecule has 0 fully saturated rings. The number of carbonyl (C=O) groups is 1. The number of amides is 1. The molecule has 0 radical (unpaired) electrons. The van der Waals surface area contributed by atoms with Crippen LogP contribution in [0.25, 0.3) is 0 Å². The maximum Gasteiger partial charge on any atom is 0.291 e. The molecule has 0 heterocycles. The van der Waals surface area contributed by atoms with E-state index in [1.807, 2.05) is 0 Å². The monoisotopic (exact) mass is 363 g/mol. The number of carbonyl (C=O) groups excluding carboxylic acids is 1. The smallest absolute Gasteiger partial charge is 0.291 e. The van der Waals surface area contributed by atoms with Crippen LogP contribution >= 0.6 is 34.8 Å². The van der Waals surface area contributed by atoms with Crippen molar-refractivity contribution >= 4 is 40.7 Å². The van der Waals surface area contributed by atoms with E-state index in [2.05, 4.69) is 5.32 Å². The van der Waals surface area contributed by atoms with E-state index < -0.39 is 23.9 Å². The quantitative estimate of drug-likeness (QED) is 0.797. The number of hydrogen-bond donors (Lipinski definition) is 1. The van der Waals surface area contributed by atoms with Crippen LogP contribution < -0.4 is 5.32 Å². The first kappa shape index (κ1) is 17.0. The van der Waals surface area contributed by atoms with Gasteiger partial charge in [-0.2, -0.15) is 8.78 Å². The summed E-state index contributed by atoms with van der Waals surface area (Å²) in [7, 11) is 0. The van der Waals surface area contributed by atoms with Gasteiger partial charge in [-0.05, 0) is 30.3 Å². The van der Waals surface area contributed by atoms with E-state index in [1.54, 1.807) is 12.1 Å². The third-order valence-corrected chi connectivity index (χ3v) is 3.79. The van der Waals surface area contributed by atoms with Crippen LogP contribution in [-0.4, -0.2) is 12.5 Å². The van der Waals surface area contributed by atoms with Crippen LogP contribution in [0.3, 0.4) is 0 Å². The van der Waals surface area contributed by atoms with Gasteiger partial charge in [0, 0.05) is 10.6 Å². The zero-order chi connectivity index (χ0) is 16.3. The molecular weight excluding hydrogens is 355 g/mol. The van der Waals surface area contributed by atoms with E-state index in [1.165, 1.54) is 24.3 Å². The standard InChI is InChI=1S/C15H10Cl3F2NO/c16-9-5-6-11(13(18)7-9)15(19,20)8-21-14(22)10-3-1-2-4-12(10)17/h1-7H,8H2,(H,21,22). The summed E-state index contributed by atoms with van der Waals surface area (Å²) < 4.78 is 28.3. The van der Waals surface area contributed by atoms with Gasteiger partial charge in [0.1, 0.15) is 0 Å². The van der Waals surface area contributed by atoms with E-state index in [9.17, 15) is 13.6 Å². The SMILES string of the molecule is O=C(NCC(F)(F)c1ccc(Cl)cc1Cl)c1ccccc1Cl. The molecule has 0 aliphatic rings. The molecule has 2 nitrogen and oxygen atoms in total. The van der Waals surface area contributed by atoms with E-state index >= 15 is 0 Å². The summed E-state index contributed by atoms with van der Waals surface area (Å²) in [5.74, 6) is -4.02. The lowest BCUT2D eigenvalue weighted by Gasteiger charge is -2.19. The van der Waals surface area contributed by atoms with E-state index in [0.717, 1.165) is 6.07 Å². The molecular formula is C15H10Cl3F2NO. The lowest BCUT2D eigenvalue weighted by Crippen LogP contribution is -2.35. The van der Waals surface area contributed by atoms with Crippen LogP contribution in [0.1, 0.15) is 15.9 Å². The third-order valence-electron chi connectivity index (χ3n) is 2.91. The number of halogens is 5. The van der Waals surface area contributed by atoms with E-state index in [-0.39, 0.29) is 20.6 Å². The van der Waals surface area contributed by atoms with Gasteiger partial charge in [0.15, 0.2) is 0 Å². The number of benzene rings is 2. The molecule has 2 rings (SSSR count). The van der Waals surface area contributed by atoms with Crippen LogP contribution in [-0.2, 0) is 5.92 Å². The summed E-state index contributed by atoms with van der Waals surface area (Å²) in [6.07, 6.45) is 0. The molecule has 2 aromatic carbocycles. The Morgan fingerprint density at radius 1 is 1.05 bits per heavy atom. The van der Waals surface area contributed by atoms with Gasteiger partial charge in [-0.1, -0.05) is 46.9 Å². The second-order valence-corrected chi connectivity index (χ2v) is 5.74. The second kappa shape index (κ2) is 6.82. The maximum absolute atomic E-state index is 14.1. The van der Waals surface area contributed by atoms with Crippen molar-refractivity contribution in [3.05, 3.63) is 68.7 Å². The van der Waals surface area contributed by atoms with Gasteiger partial charge in [-0.15, -0.1) is 0 Å². The highest BCUT2D eigenvalue weighted by Gasteiger charge is 2.34. The fourth-order valence-electron chi connectivity index (χ4n) is 1.81. The van der Waals surface area contributed by atoms with Gasteiger partial charge in [0.25, 0.3) is 11.8 Å². The van der Waals surface area contributed by atoms with Crippen molar-refractivity contribution in [3.8, 4) is 0 Å². The van der Waals surface area contributed by atoms with Crippen LogP contribution in [0.4, 0.5) is 8.78 Å². The van der Waals surface area contributed by atoms with E-state index in [0.29, 0.717) is 0 Å². The van der Waals surface area contributed by atoms with Crippen molar-refractivity contribution < 1.29 is 13.6 Å². The molecule has 0 spiro atoms. The van der Waals surface area contributed by atoms with Crippen molar-refractivity contribution in [2.24, 2.45) is 0 Å². The van der Waals surface area contributed by atoms with Gasteiger partial charge in [0.2, 0.25) is 0 Å². The van der Waals surface area contributed by atoms with Gasteiger partial charge in [-0.25, -0.2) is 0 Å². The highest BCUT2D eigenvalue weighted by atomic mass is 35.5. The van der Waals surface area contributed by atoms with Crippen molar-refractivity contribution in [1.82, 2.24) is 5.32 Å². The molecule has 0 saturated heterocycles.